The Morgan fingerprint density at radius 3 is 2.20 bits per heavy atom. The van der Waals surface area contributed by atoms with Crippen molar-refractivity contribution in [1.82, 2.24) is 0 Å². The normalized spacial score (nSPS) is 9.67. The highest BCUT2D eigenvalue weighted by atomic mass is 19.1. The second-order valence-electron chi connectivity index (χ2n) is 2.41. The summed E-state index contributed by atoms with van der Waals surface area (Å²) in [6.07, 6.45) is 1.13. The fourth-order valence-electron chi connectivity index (χ4n) is 0.956. The Kier molecular flexibility index (Phi) is 2.70. The number of nitro benzene ring substituents is 2. The van der Waals surface area contributed by atoms with Gasteiger partial charge in [-0.1, -0.05) is 0 Å². The van der Waals surface area contributed by atoms with Crippen molar-refractivity contribution in [2.45, 2.75) is 0 Å². The highest BCUT2D eigenvalue weighted by Gasteiger charge is 2.29. The zero-order chi connectivity index (χ0) is 11.6. The first kappa shape index (κ1) is 10.7. The van der Waals surface area contributed by atoms with Gasteiger partial charge in [0.15, 0.2) is 0 Å². The van der Waals surface area contributed by atoms with E-state index in [2.05, 4.69) is 0 Å². The van der Waals surface area contributed by atoms with Crippen LogP contribution in [0.15, 0.2) is 12.1 Å². The highest BCUT2D eigenvalue weighted by Crippen LogP contribution is 2.28. The maximum absolute atomic E-state index is 13.2. The Hall–Kier alpha value is -2.38. The molecule has 7 nitrogen and oxygen atoms in total. The molecule has 0 aromatic heterocycles. The number of nitro groups is 2. The SMILES string of the molecule is O=[C]c1ccc([N+](=O)[O-])c(F)c1[N+](=O)[O-]. The van der Waals surface area contributed by atoms with Crippen molar-refractivity contribution in [3.63, 3.8) is 0 Å². The van der Waals surface area contributed by atoms with Gasteiger partial charge >= 0.3 is 11.4 Å². The second-order valence-corrected chi connectivity index (χ2v) is 2.41. The average molecular weight is 213 g/mol. The van der Waals surface area contributed by atoms with E-state index in [1.807, 2.05) is 0 Å². The molecule has 77 valence electrons. The Bertz CT molecular complexity index is 459. The lowest BCUT2D eigenvalue weighted by molar-refractivity contribution is -0.399. The van der Waals surface area contributed by atoms with E-state index in [0.29, 0.717) is 6.07 Å². The quantitative estimate of drug-likeness (QED) is 0.552. The van der Waals surface area contributed by atoms with Crippen molar-refractivity contribution in [2.24, 2.45) is 0 Å². The van der Waals surface area contributed by atoms with Crippen LogP contribution in [0.5, 0.6) is 0 Å². The molecule has 0 saturated carbocycles. The summed E-state index contributed by atoms with van der Waals surface area (Å²) in [4.78, 5) is 28.5. The Balaban J connectivity index is 3.56. The Morgan fingerprint density at radius 2 is 1.80 bits per heavy atom. The second kappa shape index (κ2) is 3.78. The van der Waals surface area contributed by atoms with Crippen LogP contribution >= 0.6 is 0 Å². The van der Waals surface area contributed by atoms with Crippen molar-refractivity contribution in [3.8, 4) is 0 Å². The molecule has 0 spiro atoms. The van der Waals surface area contributed by atoms with E-state index >= 15 is 0 Å². The fraction of sp³-hybridized carbons (Fsp3) is 0. The number of hydrogen-bond acceptors (Lipinski definition) is 5. The minimum absolute atomic E-state index is 0.664. The van der Waals surface area contributed by atoms with Crippen LogP contribution < -0.4 is 0 Å². The van der Waals surface area contributed by atoms with Crippen LogP contribution in [0.4, 0.5) is 15.8 Å². The van der Waals surface area contributed by atoms with Gasteiger partial charge in [0.25, 0.3) is 5.82 Å². The van der Waals surface area contributed by atoms with E-state index in [0.717, 1.165) is 12.4 Å². The summed E-state index contributed by atoms with van der Waals surface area (Å²) in [6.45, 7) is 0. The predicted octanol–water partition coefficient (Wildman–Crippen LogP) is 1.10. The summed E-state index contributed by atoms with van der Waals surface area (Å²) in [5.41, 5.74) is -2.96. The van der Waals surface area contributed by atoms with Crippen molar-refractivity contribution < 1.29 is 19.0 Å². The minimum atomic E-state index is -1.65. The third-order valence-electron chi connectivity index (χ3n) is 1.59. The predicted molar refractivity (Wildman–Crippen MR) is 44.5 cm³/mol. The summed E-state index contributed by atoms with van der Waals surface area (Å²) < 4.78 is 13.2. The maximum Gasteiger partial charge on any atom is 0.323 e. The molecule has 1 rings (SSSR count). The first-order valence-electron chi connectivity index (χ1n) is 3.48. The Labute approximate surface area is 81.4 Å². The molecule has 0 aliphatic carbocycles. The molecule has 8 heteroatoms. The third kappa shape index (κ3) is 1.77. The molecule has 15 heavy (non-hydrogen) atoms. The smallest absolute Gasteiger partial charge is 0.285 e. The van der Waals surface area contributed by atoms with Crippen LogP contribution in [0, 0.1) is 26.0 Å². The van der Waals surface area contributed by atoms with Crippen LogP contribution in [-0.2, 0) is 4.79 Å². The van der Waals surface area contributed by atoms with Crippen molar-refractivity contribution in [2.75, 3.05) is 0 Å². The number of rotatable bonds is 3. The molecule has 0 N–H and O–H groups in total. The zero-order valence-electron chi connectivity index (χ0n) is 6.97. The lowest BCUT2D eigenvalue weighted by Crippen LogP contribution is -2.02. The molecule has 1 aromatic rings. The lowest BCUT2D eigenvalue weighted by atomic mass is 10.1. The average Bonchev–Trinajstić information content (AvgIpc) is 2.15. The molecule has 0 aliphatic heterocycles. The first-order chi connectivity index (χ1) is 6.99. The van der Waals surface area contributed by atoms with Gasteiger partial charge in [-0.15, -0.1) is 0 Å². The van der Waals surface area contributed by atoms with Crippen molar-refractivity contribution in [3.05, 3.63) is 43.7 Å². The van der Waals surface area contributed by atoms with E-state index in [9.17, 15) is 29.4 Å². The molecule has 1 radical (unpaired) electrons. The van der Waals surface area contributed by atoms with Gasteiger partial charge in [-0.2, -0.15) is 4.39 Å². The number of nitrogens with zero attached hydrogens (tertiary/aromatic N) is 2. The summed E-state index contributed by atoms with van der Waals surface area (Å²) in [5, 5.41) is 20.6. The topological polar surface area (TPSA) is 103 Å². The van der Waals surface area contributed by atoms with Gasteiger partial charge in [-0.25, -0.2) is 0 Å². The molecule has 0 atom stereocenters. The van der Waals surface area contributed by atoms with Gasteiger partial charge in [0, 0.05) is 6.07 Å². The molecular weight excluding hydrogens is 211 g/mol. The number of carbonyl (C=O) groups excluding carboxylic acids is 1. The minimum Gasteiger partial charge on any atom is -0.285 e. The number of hydrogen-bond donors (Lipinski definition) is 0. The summed E-state index contributed by atoms with van der Waals surface area (Å²) >= 11 is 0. The molecule has 0 heterocycles. The summed E-state index contributed by atoms with van der Waals surface area (Å²) in [7, 11) is 0. The summed E-state index contributed by atoms with van der Waals surface area (Å²) in [6, 6.07) is 1.44. The Morgan fingerprint density at radius 1 is 1.20 bits per heavy atom. The van der Waals surface area contributed by atoms with E-state index in [1.54, 1.807) is 0 Å². The van der Waals surface area contributed by atoms with Crippen molar-refractivity contribution >= 4 is 17.7 Å². The van der Waals surface area contributed by atoms with E-state index in [4.69, 9.17) is 0 Å². The zero-order valence-corrected chi connectivity index (χ0v) is 6.97. The standard InChI is InChI=1S/C7H2FN2O5/c8-6-5(9(12)13)2-1-4(3-11)7(6)10(14)15/h1-2H. The van der Waals surface area contributed by atoms with Crippen LogP contribution in [0.2, 0.25) is 0 Å². The largest absolute Gasteiger partial charge is 0.323 e. The van der Waals surface area contributed by atoms with E-state index in [1.165, 1.54) is 0 Å². The number of halogens is 1. The van der Waals surface area contributed by atoms with Gasteiger partial charge in [-0.3, -0.25) is 25.0 Å². The van der Waals surface area contributed by atoms with Crippen LogP contribution in [0.3, 0.4) is 0 Å². The molecule has 1 aromatic carbocycles. The molecule has 0 unspecified atom stereocenters. The lowest BCUT2D eigenvalue weighted by Gasteiger charge is -1.97. The van der Waals surface area contributed by atoms with Crippen molar-refractivity contribution in [1.29, 1.82) is 0 Å². The number of benzene rings is 1. The highest BCUT2D eigenvalue weighted by molar-refractivity contribution is 5.82. The van der Waals surface area contributed by atoms with E-state index in [-0.39, 0.29) is 0 Å². The monoisotopic (exact) mass is 213 g/mol. The molecule has 0 amide bonds. The third-order valence-corrected chi connectivity index (χ3v) is 1.59. The van der Waals surface area contributed by atoms with Gasteiger partial charge < -0.3 is 0 Å². The van der Waals surface area contributed by atoms with Gasteiger partial charge in [0.1, 0.15) is 5.56 Å². The van der Waals surface area contributed by atoms with Gasteiger partial charge in [-0.05, 0) is 6.07 Å². The summed E-state index contributed by atoms with van der Waals surface area (Å²) in [5.74, 6) is -1.65. The van der Waals surface area contributed by atoms with Crippen LogP contribution in [-0.4, -0.2) is 16.1 Å². The maximum atomic E-state index is 13.2. The van der Waals surface area contributed by atoms with Crippen LogP contribution in [0.25, 0.3) is 0 Å². The molecule has 0 aliphatic rings. The van der Waals surface area contributed by atoms with Gasteiger partial charge in [0.05, 0.1) is 9.85 Å². The van der Waals surface area contributed by atoms with E-state index < -0.39 is 32.6 Å². The molecule has 0 fully saturated rings. The van der Waals surface area contributed by atoms with Crippen LogP contribution in [0.1, 0.15) is 5.56 Å². The molecule has 0 bridgehead atoms. The molecular formula is C7H2FN2O5. The molecule has 0 saturated heterocycles. The van der Waals surface area contributed by atoms with Gasteiger partial charge in [0.2, 0.25) is 6.29 Å². The first-order valence-corrected chi connectivity index (χ1v) is 3.48. The fourth-order valence-corrected chi connectivity index (χ4v) is 0.956.